The first kappa shape index (κ1) is 31.1. The van der Waals surface area contributed by atoms with Crippen molar-refractivity contribution in [1.29, 1.82) is 0 Å². The summed E-state index contributed by atoms with van der Waals surface area (Å²) in [4.78, 5) is 40.6. The summed E-state index contributed by atoms with van der Waals surface area (Å²) in [5, 5.41) is 5.62. The smallest absolute Gasteiger partial charge is 0.343 e. The maximum atomic E-state index is 13.3. The molecule has 2 N–H and O–H groups in total. The summed E-state index contributed by atoms with van der Waals surface area (Å²) in [6.45, 7) is 1.26. The number of hydrazone groups is 1. The zero-order valence-corrected chi connectivity index (χ0v) is 25.7. The number of benzene rings is 4. The lowest BCUT2D eigenvalue weighted by molar-refractivity contribution is -0.132. The van der Waals surface area contributed by atoms with Gasteiger partial charge in [0.05, 0.1) is 36.5 Å². The number of halogens is 2. The van der Waals surface area contributed by atoms with Crippen molar-refractivity contribution >= 4 is 58.2 Å². The molecule has 0 radical (unpaired) electrons. The summed E-state index contributed by atoms with van der Waals surface area (Å²) in [7, 11) is 2.81. The van der Waals surface area contributed by atoms with Crippen LogP contribution in [0.2, 0.25) is 10.0 Å². The lowest BCUT2D eigenvalue weighted by Gasteiger charge is -2.12. The van der Waals surface area contributed by atoms with Crippen LogP contribution < -0.4 is 24.4 Å². The normalized spacial score (nSPS) is 11.0. The maximum absolute atomic E-state index is 13.3. The zero-order valence-electron chi connectivity index (χ0n) is 24.1. The number of carbonyl (C=O) groups excluding carboxylic acids is 3. The molecule has 1 heterocycles. The molecule has 0 bridgehead atoms. The van der Waals surface area contributed by atoms with E-state index in [0.29, 0.717) is 32.1 Å². The zero-order chi connectivity index (χ0) is 32.1. The Bertz CT molecular complexity index is 1960. The van der Waals surface area contributed by atoms with Crippen LogP contribution in [0.15, 0.2) is 84.0 Å². The fraction of sp³-hybridized carbons (Fsp3) is 0.0909. The van der Waals surface area contributed by atoms with E-state index in [9.17, 15) is 14.4 Å². The number of esters is 2. The highest BCUT2D eigenvalue weighted by Crippen LogP contribution is 2.38. The number of methoxy groups -OCH3 is 2. The second kappa shape index (κ2) is 13.5. The van der Waals surface area contributed by atoms with Gasteiger partial charge in [-0.25, -0.2) is 10.2 Å². The average molecular weight is 646 g/mol. The van der Waals surface area contributed by atoms with E-state index in [2.05, 4.69) is 15.5 Å². The molecule has 5 aromatic rings. The monoisotopic (exact) mass is 645 g/mol. The second-order valence-corrected chi connectivity index (χ2v) is 10.4. The molecular formula is C33H25Cl2N3O7. The minimum Gasteiger partial charge on any atom is -0.493 e. The van der Waals surface area contributed by atoms with Crippen molar-refractivity contribution in [3.05, 3.63) is 106 Å². The molecule has 0 fully saturated rings. The van der Waals surface area contributed by atoms with Crippen LogP contribution in [0.5, 0.6) is 23.0 Å². The Kier molecular flexibility index (Phi) is 9.36. The number of nitrogens with one attached hydrogen (secondary N) is 2. The Balaban J connectivity index is 1.33. The number of nitrogens with zero attached hydrogens (tertiary/aromatic N) is 1. The standard InChI is InChI=1S/C33H25Cl2N3O7/c1-18(39)44-25-12-10-21(14-28(25)43-3)33(41)45-26-11-9-19(13-27(26)42-2)17-36-38-32(40)31-29(20-7-5-4-6-8-20)23-15-22(34)16-24(35)30(23)37-31/h4-17,37H,1-3H3,(H,38,40). The minimum atomic E-state index is -0.691. The van der Waals surface area contributed by atoms with Gasteiger partial charge in [0.15, 0.2) is 23.0 Å². The molecule has 10 nitrogen and oxygen atoms in total. The Morgan fingerprint density at radius 1 is 0.822 bits per heavy atom. The molecule has 0 saturated heterocycles. The van der Waals surface area contributed by atoms with Gasteiger partial charge in [0.2, 0.25) is 0 Å². The van der Waals surface area contributed by atoms with E-state index in [0.717, 1.165) is 5.56 Å². The number of aromatic amines is 1. The molecular weight excluding hydrogens is 621 g/mol. The van der Waals surface area contributed by atoms with Crippen molar-refractivity contribution in [2.24, 2.45) is 5.10 Å². The van der Waals surface area contributed by atoms with Gasteiger partial charge in [0, 0.05) is 22.9 Å². The summed E-state index contributed by atoms with van der Waals surface area (Å²) in [5.74, 6) is -0.964. The van der Waals surface area contributed by atoms with Crippen LogP contribution in [-0.2, 0) is 4.79 Å². The summed E-state index contributed by atoms with van der Waals surface area (Å²) in [6, 6.07) is 21.7. The highest BCUT2D eigenvalue weighted by molar-refractivity contribution is 6.39. The lowest BCUT2D eigenvalue weighted by atomic mass is 10.0. The third-order valence-corrected chi connectivity index (χ3v) is 7.05. The maximum Gasteiger partial charge on any atom is 0.343 e. The average Bonchev–Trinajstić information content (AvgIpc) is 3.41. The van der Waals surface area contributed by atoms with E-state index in [4.69, 9.17) is 42.1 Å². The van der Waals surface area contributed by atoms with E-state index in [1.165, 1.54) is 51.6 Å². The van der Waals surface area contributed by atoms with Crippen LogP contribution in [0.25, 0.3) is 22.0 Å². The van der Waals surface area contributed by atoms with Crippen molar-refractivity contribution in [3.8, 4) is 34.1 Å². The van der Waals surface area contributed by atoms with Crippen LogP contribution in [0.4, 0.5) is 0 Å². The van der Waals surface area contributed by atoms with Crippen molar-refractivity contribution in [2.75, 3.05) is 14.2 Å². The summed E-state index contributed by atoms with van der Waals surface area (Å²) < 4.78 is 21.2. The van der Waals surface area contributed by atoms with Crippen LogP contribution >= 0.6 is 23.2 Å². The third kappa shape index (κ3) is 6.93. The van der Waals surface area contributed by atoms with Gasteiger partial charge in [-0.3, -0.25) is 9.59 Å². The van der Waals surface area contributed by atoms with Gasteiger partial charge in [0.25, 0.3) is 5.91 Å². The number of fused-ring (bicyclic) bond motifs is 1. The van der Waals surface area contributed by atoms with Gasteiger partial charge in [0.1, 0.15) is 5.69 Å². The first-order valence-corrected chi connectivity index (χ1v) is 14.1. The van der Waals surface area contributed by atoms with E-state index in [-0.39, 0.29) is 34.3 Å². The van der Waals surface area contributed by atoms with Crippen LogP contribution in [0.3, 0.4) is 0 Å². The minimum absolute atomic E-state index is 0.146. The van der Waals surface area contributed by atoms with Crippen molar-refractivity contribution in [3.63, 3.8) is 0 Å². The quantitative estimate of drug-likeness (QED) is 0.0759. The molecule has 1 aromatic heterocycles. The van der Waals surface area contributed by atoms with E-state index < -0.39 is 17.8 Å². The van der Waals surface area contributed by atoms with Gasteiger partial charge in [-0.05, 0) is 59.7 Å². The van der Waals surface area contributed by atoms with Crippen LogP contribution in [0, 0.1) is 0 Å². The molecule has 0 atom stereocenters. The van der Waals surface area contributed by atoms with Gasteiger partial charge in [-0.1, -0.05) is 53.5 Å². The molecule has 45 heavy (non-hydrogen) atoms. The summed E-state index contributed by atoms with van der Waals surface area (Å²) in [5.41, 5.74) is 5.51. The molecule has 0 aliphatic carbocycles. The van der Waals surface area contributed by atoms with Gasteiger partial charge >= 0.3 is 11.9 Å². The fourth-order valence-electron chi connectivity index (χ4n) is 4.56. The summed E-state index contributed by atoms with van der Waals surface area (Å²) >= 11 is 12.7. The Morgan fingerprint density at radius 2 is 1.51 bits per heavy atom. The number of H-pyrrole nitrogens is 1. The largest absolute Gasteiger partial charge is 0.493 e. The molecule has 0 aliphatic rings. The molecule has 0 spiro atoms. The predicted molar refractivity (Wildman–Crippen MR) is 171 cm³/mol. The van der Waals surface area contributed by atoms with Gasteiger partial charge < -0.3 is 23.9 Å². The van der Waals surface area contributed by atoms with E-state index in [1.807, 2.05) is 30.3 Å². The highest BCUT2D eigenvalue weighted by Gasteiger charge is 2.21. The number of amides is 1. The lowest BCUT2D eigenvalue weighted by Crippen LogP contribution is -2.18. The Hall–Kier alpha value is -5.32. The first-order valence-electron chi connectivity index (χ1n) is 13.3. The van der Waals surface area contributed by atoms with Crippen molar-refractivity contribution in [1.82, 2.24) is 10.4 Å². The molecule has 4 aromatic carbocycles. The Morgan fingerprint density at radius 3 is 2.22 bits per heavy atom. The van der Waals surface area contributed by atoms with Gasteiger partial charge in [-0.2, -0.15) is 5.10 Å². The fourth-order valence-corrected chi connectivity index (χ4v) is 5.10. The molecule has 0 saturated carbocycles. The first-order chi connectivity index (χ1) is 21.7. The van der Waals surface area contributed by atoms with E-state index in [1.54, 1.807) is 24.3 Å². The number of rotatable bonds is 9. The van der Waals surface area contributed by atoms with Crippen LogP contribution in [0.1, 0.15) is 33.3 Å². The van der Waals surface area contributed by atoms with Crippen LogP contribution in [-0.4, -0.2) is 43.3 Å². The van der Waals surface area contributed by atoms with E-state index >= 15 is 0 Å². The predicted octanol–water partition coefficient (Wildman–Crippen LogP) is 7.07. The molecule has 12 heteroatoms. The van der Waals surface area contributed by atoms with Crippen molar-refractivity contribution < 1.29 is 33.3 Å². The SMILES string of the molecule is COc1cc(C(=O)Oc2ccc(C=NNC(=O)c3[nH]c4c(Cl)cc(Cl)cc4c3-c3ccccc3)cc2OC)ccc1OC(C)=O. The number of hydrogen-bond acceptors (Lipinski definition) is 8. The third-order valence-electron chi connectivity index (χ3n) is 6.54. The number of carbonyl (C=O) groups is 3. The number of aromatic nitrogens is 1. The molecule has 0 unspecified atom stereocenters. The molecule has 1 amide bonds. The summed E-state index contributed by atoms with van der Waals surface area (Å²) in [6.07, 6.45) is 1.42. The van der Waals surface area contributed by atoms with Crippen molar-refractivity contribution in [2.45, 2.75) is 6.92 Å². The molecule has 228 valence electrons. The topological polar surface area (TPSA) is 128 Å². The number of ether oxygens (including phenoxy) is 4. The number of hydrogen-bond donors (Lipinski definition) is 2. The molecule has 5 rings (SSSR count). The molecule has 0 aliphatic heterocycles. The van der Waals surface area contributed by atoms with Gasteiger partial charge in [-0.15, -0.1) is 0 Å². The second-order valence-electron chi connectivity index (χ2n) is 9.51. The highest BCUT2D eigenvalue weighted by atomic mass is 35.5. The Labute approximate surface area is 267 Å².